The molecule has 1 fully saturated rings. The molecule has 1 aliphatic carbocycles. The number of hydrogen-bond acceptors (Lipinski definition) is 0. The lowest BCUT2D eigenvalue weighted by Crippen LogP contribution is -2.22. The monoisotopic (exact) mass is 192 g/mol. The molecule has 0 unspecified atom stereocenters. The van der Waals surface area contributed by atoms with E-state index < -0.39 is 0 Å². The fourth-order valence-corrected chi connectivity index (χ4v) is 2.13. The van der Waals surface area contributed by atoms with Crippen molar-refractivity contribution in [3.05, 3.63) is 23.8 Å². The second-order valence-corrected chi connectivity index (χ2v) is 4.86. The minimum Gasteiger partial charge on any atom is -0.0845 e. The molecule has 1 saturated carbocycles. The van der Waals surface area contributed by atoms with Crippen LogP contribution in [0, 0.1) is 11.8 Å². The lowest BCUT2D eigenvalue weighted by atomic mass is 9.72. The molecule has 0 aliphatic heterocycles. The third-order valence-corrected chi connectivity index (χ3v) is 3.22. The summed E-state index contributed by atoms with van der Waals surface area (Å²) in [5, 5.41) is 0. The summed E-state index contributed by atoms with van der Waals surface area (Å²) in [6.07, 6.45) is 13.8. The van der Waals surface area contributed by atoms with E-state index in [2.05, 4.69) is 39.0 Å². The molecule has 0 heteroatoms. The third-order valence-electron chi connectivity index (χ3n) is 3.22. The molecule has 0 N–H and O–H groups in total. The zero-order chi connectivity index (χ0) is 10.4. The molecule has 0 aromatic rings. The van der Waals surface area contributed by atoms with E-state index in [0.717, 1.165) is 11.8 Å². The Kier molecular flexibility index (Phi) is 5.00. The van der Waals surface area contributed by atoms with Crippen LogP contribution in [0.25, 0.3) is 0 Å². The van der Waals surface area contributed by atoms with Gasteiger partial charge in [0.25, 0.3) is 0 Å². The van der Waals surface area contributed by atoms with E-state index in [-0.39, 0.29) is 0 Å². The highest BCUT2D eigenvalue weighted by molar-refractivity contribution is 5.08. The second kappa shape index (κ2) is 6.06. The van der Waals surface area contributed by atoms with E-state index in [1.54, 1.807) is 0 Å². The molecule has 1 aliphatic rings. The molecule has 0 heterocycles. The van der Waals surface area contributed by atoms with Crippen molar-refractivity contribution >= 4 is 0 Å². The Labute approximate surface area is 89.1 Å². The van der Waals surface area contributed by atoms with Crippen molar-refractivity contribution in [2.75, 3.05) is 0 Å². The van der Waals surface area contributed by atoms with Gasteiger partial charge < -0.3 is 0 Å². The highest BCUT2D eigenvalue weighted by Gasteiger charge is 2.26. The number of allylic oxidation sites excluding steroid dienone is 4. The Morgan fingerprint density at radius 2 is 1.93 bits per heavy atom. The zero-order valence-corrected chi connectivity index (χ0v) is 9.92. The van der Waals surface area contributed by atoms with Crippen LogP contribution in [-0.2, 0) is 0 Å². The van der Waals surface area contributed by atoms with Gasteiger partial charge in [0.15, 0.2) is 0 Å². The Hall–Kier alpha value is -0.520. The third kappa shape index (κ3) is 4.13. The first-order chi connectivity index (χ1) is 6.72. The van der Waals surface area contributed by atoms with Crippen LogP contribution in [0.3, 0.4) is 0 Å². The molecule has 0 bridgehead atoms. The van der Waals surface area contributed by atoms with Gasteiger partial charge in [-0.15, -0.1) is 0 Å². The minimum absolute atomic E-state index is 1.04. The predicted octanol–water partition coefficient (Wildman–Crippen LogP) is 4.73. The first kappa shape index (κ1) is 11.6. The highest BCUT2D eigenvalue weighted by Crippen LogP contribution is 2.38. The molecule has 0 saturated heterocycles. The van der Waals surface area contributed by atoms with Gasteiger partial charge in [0.05, 0.1) is 0 Å². The van der Waals surface area contributed by atoms with Crippen LogP contribution in [-0.4, -0.2) is 0 Å². The summed E-state index contributed by atoms with van der Waals surface area (Å²) >= 11 is 0. The first-order valence-electron chi connectivity index (χ1n) is 6.02. The van der Waals surface area contributed by atoms with Crippen molar-refractivity contribution < 1.29 is 0 Å². The van der Waals surface area contributed by atoms with Gasteiger partial charge in [-0.1, -0.05) is 37.1 Å². The van der Waals surface area contributed by atoms with Crippen molar-refractivity contribution in [3.63, 3.8) is 0 Å². The van der Waals surface area contributed by atoms with Gasteiger partial charge in [-0.3, -0.25) is 0 Å². The quantitative estimate of drug-likeness (QED) is 0.553. The van der Waals surface area contributed by atoms with Crippen molar-refractivity contribution in [2.45, 2.75) is 52.9 Å². The van der Waals surface area contributed by atoms with E-state index in [1.165, 1.54) is 37.7 Å². The molecule has 0 spiro atoms. The average Bonchev–Trinajstić information content (AvgIpc) is 2.07. The standard InChI is InChI=1S/C14H24/c1-4-13-10-14(11-13)9-7-5-6-8-12(2)3/h5-6,8,13-14H,4,7,9-11H2,1-3H3/b6-5-. The first-order valence-corrected chi connectivity index (χ1v) is 6.02. The molecule has 14 heavy (non-hydrogen) atoms. The molecule has 0 aromatic carbocycles. The van der Waals surface area contributed by atoms with Crippen LogP contribution in [0.4, 0.5) is 0 Å². The molecule has 0 amide bonds. The summed E-state index contributed by atoms with van der Waals surface area (Å²) in [5.74, 6) is 2.10. The SMILES string of the molecule is CCC1CC(CC/C=C\C=C(C)C)C1. The van der Waals surface area contributed by atoms with Crippen molar-refractivity contribution in [3.8, 4) is 0 Å². The van der Waals surface area contributed by atoms with Crippen LogP contribution < -0.4 is 0 Å². The largest absolute Gasteiger partial charge is 0.0845 e. The van der Waals surface area contributed by atoms with Gasteiger partial charge in [0.1, 0.15) is 0 Å². The molecular weight excluding hydrogens is 168 g/mol. The summed E-state index contributed by atoms with van der Waals surface area (Å²) in [6, 6.07) is 0. The molecule has 0 nitrogen and oxygen atoms in total. The summed E-state index contributed by atoms with van der Waals surface area (Å²) in [7, 11) is 0. The molecule has 1 rings (SSSR count). The maximum Gasteiger partial charge on any atom is -0.0345 e. The van der Waals surface area contributed by atoms with E-state index in [1.807, 2.05) is 0 Å². The van der Waals surface area contributed by atoms with Crippen molar-refractivity contribution in [1.29, 1.82) is 0 Å². The summed E-state index contributed by atoms with van der Waals surface area (Å²) in [5.41, 5.74) is 1.39. The van der Waals surface area contributed by atoms with Crippen LogP contribution in [0.5, 0.6) is 0 Å². The van der Waals surface area contributed by atoms with E-state index >= 15 is 0 Å². The molecule has 0 aromatic heterocycles. The van der Waals surface area contributed by atoms with Crippen LogP contribution >= 0.6 is 0 Å². The Morgan fingerprint density at radius 3 is 2.50 bits per heavy atom. The molecule has 0 radical (unpaired) electrons. The van der Waals surface area contributed by atoms with Gasteiger partial charge in [0.2, 0.25) is 0 Å². The van der Waals surface area contributed by atoms with Crippen LogP contribution in [0.1, 0.15) is 52.9 Å². The summed E-state index contributed by atoms with van der Waals surface area (Å²) in [4.78, 5) is 0. The molecule has 80 valence electrons. The fraction of sp³-hybridized carbons (Fsp3) is 0.714. The maximum atomic E-state index is 2.32. The normalized spacial score (nSPS) is 26.2. The lowest BCUT2D eigenvalue weighted by molar-refractivity contribution is 0.178. The lowest BCUT2D eigenvalue weighted by Gasteiger charge is -2.34. The van der Waals surface area contributed by atoms with Crippen LogP contribution in [0.15, 0.2) is 23.8 Å². The Morgan fingerprint density at radius 1 is 1.21 bits per heavy atom. The highest BCUT2D eigenvalue weighted by atomic mass is 14.3. The van der Waals surface area contributed by atoms with Gasteiger partial charge in [-0.05, 0) is 51.4 Å². The van der Waals surface area contributed by atoms with E-state index in [9.17, 15) is 0 Å². The number of rotatable bonds is 5. The predicted molar refractivity (Wildman–Crippen MR) is 64.3 cm³/mol. The smallest absolute Gasteiger partial charge is 0.0345 e. The van der Waals surface area contributed by atoms with Gasteiger partial charge in [-0.2, -0.15) is 0 Å². The van der Waals surface area contributed by atoms with Gasteiger partial charge >= 0.3 is 0 Å². The summed E-state index contributed by atoms with van der Waals surface area (Å²) in [6.45, 7) is 6.60. The van der Waals surface area contributed by atoms with Gasteiger partial charge in [0, 0.05) is 0 Å². The fourth-order valence-electron chi connectivity index (χ4n) is 2.13. The van der Waals surface area contributed by atoms with Gasteiger partial charge in [-0.25, -0.2) is 0 Å². The van der Waals surface area contributed by atoms with E-state index in [4.69, 9.17) is 0 Å². The maximum absolute atomic E-state index is 2.32. The van der Waals surface area contributed by atoms with Crippen molar-refractivity contribution in [1.82, 2.24) is 0 Å². The Bertz CT molecular complexity index is 200. The van der Waals surface area contributed by atoms with E-state index in [0.29, 0.717) is 0 Å². The van der Waals surface area contributed by atoms with Crippen molar-refractivity contribution in [2.24, 2.45) is 11.8 Å². The topological polar surface area (TPSA) is 0 Å². The second-order valence-electron chi connectivity index (χ2n) is 4.86. The Balaban J connectivity index is 2.00. The minimum atomic E-state index is 1.04. The molecule has 0 atom stereocenters. The summed E-state index contributed by atoms with van der Waals surface area (Å²) < 4.78 is 0. The van der Waals surface area contributed by atoms with Crippen LogP contribution in [0.2, 0.25) is 0 Å². The number of hydrogen-bond donors (Lipinski definition) is 0. The molecular formula is C14H24. The zero-order valence-electron chi connectivity index (χ0n) is 9.92. The average molecular weight is 192 g/mol.